The largest absolute Gasteiger partial charge is 0.383 e. The van der Waals surface area contributed by atoms with Gasteiger partial charge in [0.1, 0.15) is 5.82 Å². The van der Waals surface area contributed by atoms with E-state index in [0.29, 0.717) is 16.7 Å². The van der Waals surface area contributed by atoms with E-state index in [1.807, 2.05) is 18.2 Å². The first-order chi connectivity index (χ1) is 9.20. The van der Waals surface area contributed by atoms with E-state index in [1.165, 1.54) is 0 Å². The maximum atomic E-state index is 6.12. The molecular formula is C14H14Br2ClN3. The summed E-state index contributed by atoms with van der Waals surface area (Å²) in [5, 5.41) is 0.616. The molecule has 0 bridgehead atoms. The van der Waals surface area contributed by atoms with E-state index in [-0.39, 0.29) is 5.41 Å². The zero-order valence-corrected chi connectivity index (χ0v) is 15.3. The average Bonchev–Trinajstić information content (AvgIpc) is 2.34. The van der Waals surface area contributed by atoms with Gasteiger partial charge in [-0.05, 0) is 50.1 Å². The van der Waals surface area contributed by atoms with Gasteiger partial charge in [0.15, 0.2) is 5.82 Å². The molecule has 0 aliphatic carbocycles. The number of anilines is 1. The van der Waals surface area contributed by atoms with Crippen LogP contribution in [-0.2, 0) is 5.41 Å². The summed E-state index contributed by atoms with van der Waals surface area (Å²) in [5.41, 5.74) is 7.56. The molecule has 6 heteroatoms. The molecule has 0 unspecified atom stereocenters. The number of benzene rings is 1. The number of rotatable bonds is 1. The van der Waals surface area contributed by atoms with Gasteiger partial charge in [-0.15, -0.1) is 0 Å². The van der Waals surface area contributed by atoms with Crippen LogP contribution in [0.2, 0.25) is 5.02 Å². The fourth-order valence-electron chi connectivity index (χ4n) is 1.73. The molecule has 0 spiro atoms. The Hall–Kier alpha value is -0.650. The second-order valence-electron chi connectivity index (χ2n) is 5.47. The summed E-state index contributed by atoms with van der Waals surface area (Å²) >= 11 is 13.0. The molecule has 0 aliphatic heterocycles. The molecule has 1 aromatic heterocycles. The first kappa shape index (κ1) is 15.7. The SMILES string of the molecule is CC(C)(C)c1nc(-c2ccc(Br)c(Cl)c2)nc(N)c1Br. The second kappa shape index (κ2) is 5.62. The molecule has 0 fully saturated rings. The van der Waals surface area contributed by atoms with Crippen molar-refractivity contribution >= 4 is 49.3 Å². The molecule has 1 aromatic carbocycles. The van der Waals surface area contributed by atoms with Gasteiger partial charge in [-0.1, -0.05) is 32.4 Å². The molecule has 0 saturated heterocycles. The monoisotopic (exact) mass is 417 g/mol. The summed E-state index contributed by atoms with van der Waals surface area (Å²) in [6, 6.07) is 5.60. The fourth-order valence-corrected chi connectivity index (χ4v) is 2.92. The summed E-state index contributed by atoms with van der Waals surface area (Å²) in [5.74, 6) is 1.00. The maximum absolute atomic E-state index is 6.12. The minimum Gasteiger partial charge on any atom is -0.383 e. The number of nitrogens with two attached hydrogens (primary N) is 1. The molecule has 20 heavy (non-hydrogen) atoms. The zero-order chi connectivity index (χ0) is 15.1. The summed E-state index contributed by atoms with van der Waals surface area (Å²) in [6.07, 6.45) is 0. The molecular weight excluding hydrogens is 405 g/mol. The topological polar surface area (TPSA) is 51.8 Å². The number of aromatic nitrogens is 2. The van der Waals surface area contributed by atoms with E-state index in [1.54, 1.807) is 0 Å². The van der Waals surface area contributed by atoms with Crippen LogP contribution in [0.5, 0.6) is 0 Å². The van der Waals surface area contributed by atoms with Gasteiger partial charge in [-0.2, -0.15) is 0 Å². The summed E-state index contributed by atoms with van der Waals surface area (Å²) in [7, 11) is 0. The maximum Gasteiger partial charge on any atom is 0.161 e. The smallest absolute Gasteiger partial charge is 0.161 e. The Morgan fingerprint density at radius 1 is 1.15 bits per heavy atom. The Morgan fingerprint density at radius 3 is 2.35 bits per heavy atom. The van der Waals surface area contributed by atoms with Crippen LogP contribution in [-0.4, -0.2) is 9.97 Å². The van der Waals surface area contributed by atoms with Crippen molar-refractivity contribution in [2.75, 3.05) is 5.73 Å². The lowest BCUT2D eigenvalue weighted by Gasteiger charge is -2.21. The Morgan fingerprint density at radius 2 is 1.80 bits per heavy atom. The molecule has 2 aromatic rings. The Kier molecular flexibility index (Phi) is 4.42. The van der Waals surface area contributed by atoms with Gasteiger partial charge in [-0.3, -0.25) is 0 Å². The molecule has 0 aliphatic rings. The molecule has 1 heterocycles. The van der Waals surface area contributed by atoms with Crippen LogP contribution in [0.4, 0.5) is 5.82 Å². The molecule has 0 radical (unpaired) electrons. The summed E-state index contributed by atoms with van der Waals surface area (Å²) in [4.78, 5) is 8.97. The average molecular weight is 420 g/mol. The molecule has 3 nitrogen and oxygen atoms in total. The summed E-state index contributed by atoms with van der Waals surface area (Å²) < 4.78 is 1.58. The third kappa shape index (κ3) is 3.15. The van der Waals surface area contributed by atoms with E-state index in [0.717, 1.165) is 20.2 Å². The Bertz CT molecular complexity index is 666. The lowest BCUT2D eigenvalue weighted by Crippen LogP contribution is -2.17. The first-order valence-electron chi connectivity index (χ1n) is 5.99. The van der Waals surface area contributed by atoms with E-state index in [2.05, 4.69) is 62.6 Å². The van der Waals surface area contributed by atoms with E-state index < -0.39 is 0 Å². The standard InChI is InChI=1S/C14H14Br2ClN3/c1-14(2,3)11-10(16)12(18)20-13(19-11)7-4-5-8(15)9(17)6-7/h4-6H,1-3H3,(H2,18,19,20). The Balaban J connectivity index is 2.63. The molecule has 2 rings (SSSR count). The van der Waals surface area contributed by atoms with E-state index in [9.17, 15) is 0 Å². The van der Waals surface area contributed by atoms with Crippen LogP contribution in [0.1, 0.15) is 26.5 Å². The molecule has 106 valence electrons. The van der Waals surface area contributed by atoms with Gasteiger partial charge >= 0.3 is 0 Å². The van der Waals surface area contributed by atoms with Crippen LogP contribution in [0.15, 0.2) is 27.1 Å². The molecule has 2 N–H and O–H groups in total. The van der Waals surface area contributed by atoms with Crippen LogP contribution in [0.3, 0.4) is 0 Å². The van der Waals surface area contributed by atoms with Gasteiger partial charge in [0.2, 0.25) is 0 Å². The first-order valence-corrected chi connectivity index (χ1v) is 7.95. The fraction of sp³-hybridized carbons (Fsp3) is 0.286. The van der Waals surface area contributed by atoms with Crippen molar-refractivity contribution in [2.24, 2.45) is 0 Å². The highest BCUT2D eigenvalue weighted by molar-refractivity contribution is 9.11. The summed E-state index contributed by atoms with van der Waals surface area (Å²) in [6.45, 7) is 6.24. The van der Waals surface area contributed by atoms with Crippen molar-refractivity contribution in [3.63, 3.8) is 0 Å². The number of nitrogens with zero attached hydrogens (tertiary/aromatic N) is 2. The number of hydrogen-bond donors (Lipinski definition) is 1. The Labute approximate surface area is 140 Å². The predicted molar refractivity (Wildman–Crippen MR) is 91.0 cm³/mol. The quantitative estimate of drug-likeness (QED) is 0.691. The number of hydrogen-bond acceptors (Lipinski definition) is 3. The van der Waals surface area contributed by atoms with Crippen molar-refractivity contribution in [3.05, 3.63) is 37.9 Å². The van der Waals surface area contributed by atoms with Gasteiger partial charge in [0.05, 0.1) is 15.2 Å². The number of nitrogen functional groups attached to an aromatic ring is 1. The third-order valence-electron chi connectivity index (χ3n) is 2.77. The van der Waals surface area contributed by atoms with Crippen molar-refractivity contribution in [2.45, 2.75) is 26.2 Å². The van der Waals surface area contributed by atoms with Crippen LogP contribution >= 0.6 is 43.5 Å². The zero-order valence-electron chi connectivity index (χ0n) is 11.3. The lowest BCUT2D eigenvalue weighted by molar-refractivity contribution is 0.565. The predicted octanol–water partition coefficient (Wildman–Crippen LogP) is 5.20. The van der Waals surface area contributed by atoms with Gasteiger partial charge in [0, 0.05) is 15.5 Å². The van der Waals surface area contributed by atoms with Crippen LogP contribution in [0, 0.1) is 0 Å². The molecule has 0 atom stereocenters. The van der Waals surface area contributed by atoms with Crippen molar-refractivity contribution in [1.29, 1.82) is 0 Å². The lowest BCUT2D eigenvalue weighted by atomic mass is 9.91. The highest BCUT2D eigenvalue weighted by atomic mass is 79.9. The third-order valence-corrected chi connectivity index (χ3v) is 4.78. The van der Waals surface area contributed by atoms with Gasteiger partial charge in [0.25, 0.3) is 0 Å². The highest BCUT2D eigenvalue weighted by Crippen LogP contribution is 2.34. The van der Waals surface area contributed by atoms with Crippen LogP contribution in [0.25, 0.3) is 11.4 Å². The van der Waals surface area contributed by atoms with E-state index in [4.69, 9.17) is 17.3 Å². The molecule has 0 saturated carbocycles. The van der Waals surface area contributed by atoms with Crippen molar-refractivity contribution < 1.29 is 0 Å². The molecule has 0 amide bonds. The minimum absolute atomic E-state index is 0.135. The van der Waals surface area contributed by atoms with Crippen molar-refractivity contribution in [3.8, 4) is 11.4 Å². The van der Waals surface area contributed by atoms with Crippen molar-refractivity contribution in [1.82, 2.24) is 9.97 Å². The van der Waals surface area contributed by atoms with Gasteiger partial charge in [-0.25, -0.2) is 9.97 Å². The normalized spacial score (nSPS) is 11.7. The second-order valence-corrected chi connectivity index (χ2v) is 7.53. The van der Waals surface area contributed by atoms with E-state index >= 15 is 0 Å². The van der Waals surface area contributed by atoms with Gasteiger partial charge < -0.3 is 5.73 Å². The number of halogens is 3. The minimum atomic E-state index is -0.135. The van der Waals surface area contributed by atoms with Crippen LogP contribution < -0.4 is 5.73 Å². The highest BCUT2D eigenvalue weighted by Gasteiger charge is 2.22.